The molecule has 0 spiro atoms. The number of fused-ring (bicyclic) bond motifs is 5. The molecule has 1 N–H and O–H groups in total. The number of hydrogen-bond acceptors (Lipinski definition) is 5. The number of rotatable bonds is 8. The fourth-order valence-corrected chi connectivity index (χ4v) is 11.1. The van der Waals surface area contributed by atoms with Crippen molar-refractivity contribution in [1.82, 2.24) is 9.80 Å². The Morgan fingerprint density at radius 1 is 0.875 bits per heavy atom. The minimum atomic E-state index is -5.42. The first-order valence-electron chi connectivity index (χ1n) is 22.4. The highest BCUT2D eigenvalue weighted by Crippen LogP contribution is 2.62. The highest BCUT2D eigenvalue weighted by atomic mass is 32.1. The van der Waals surface area contributed by atoms with E-state index in [-0.39, 0.29) is 35.9 Å². The van der Waals surface area contributed by atoms with Crippen LogP contribution in [0.4, 0.5) is 26.7 Å². The van der Waals surface area contributed by atoms with Gasteiger partial charge in [0.1, 0.15) is 6.10 Å². The molecule has 6 rings (SSSR count). The van der Waals surface area contributed by atoms with Gasteiger partial charge < -0.3 is 19.6 Å². The molecule has 4 saturated carbocycles. The average molecular weight is 825 g/mol. The zero-order valence-electron chi connectivity index (χ0n) is 35.8. The van der Waals surface area contributed by atoms with E-state index in [0.717, 1.165) is 75.2 Å². The van der Waals surface area contributed by atoms with Crippen molar-refractivity contribution >= 4 is 24.6 Å². The Balaban J connectivity index is 0.000000332. The molecule has 6 fully saturated rings. The predicted molar refractivity (Wildman–Crippen MR) is 218 cm³/mol. The summed E-state index contributed by atoms with van der Waals surface area (Å²) in [6, 6.07) is 0.302. The maximum absolute atomic E-state index is 13.0. The van der Waals surface area contributed by atoms with Crippen LogP contribution in [0.15, 0.2) is 0 Å². The first kappa shape index (κ1) is 49.1. The van der Waals surface area contributed by atoms with Gasteiger partial charge in [0.25, 0.3) is 0 Å². The topological polar surface area (TPSA) is 70.1 Å². The maximum Gasteiger partial charge on any atom is 0.453 e. The molecule has 0 aromatic rings. The van der Waals surface area contributed by atoms with Crippen LogP contribution in [0.3, 0.4) is 0 Å². The minimum absolute atomic E-state index is 0.0334. The maximum atomic E-state index is 13.0. The number of nitrogens with zero attached hydrogens (tertiary/aromatic N) is 2. The van der Waals surface area contributed by atoms with Crippen molar-refractivity contribution in [2.75, 3.05) is 25.4 Å². The first-order valence-corrected chi connectivity index (χ1v) is 23.0. The molecule has 2 amide bonds. The van der Waals surface area contributed by atoms with E-state index in [9.17, 15) is 36.6 Å². The summed E-state index contributed by atoms with van der Waals surface area (Å²) in [5, 5.41) is 10.7. The lowest BCUT2D eigenvalue weighted by Crippen LogP contribution is -2.51. The van der Waals surface area contributed by atoms with Crippen LogP contribution in [0.2, 0.25) is 0 Å². The largest absolute Gasteiger partial charge is 0.453 e. The lowest BCUT2D eigenvalue weighted by atomic mass is 9.50. The van der Waals surface area contributed by atoms with Gasteiger partial charge in [-0.05, 0) is 142 Å². The van der Waals surface area contributed by atoms with Crippen LogP contribution in [-0.2, 0) is 9.53 Å². The van der Waals surface area contributed by atoms with Crippen LogP contribution in [0.1, 0.15) is 170 Å². The smallest absolute Gasteiger partial charge is 0.446 e. The third kappa shape index (κ3) is 12.6. The van der Waals surface area contributed by atoms with E-state index in [2.05, 4.69) is 52.1 Å². The Morgan fingerprint density at radius 3 is 2.11 bits per heavy atom. The van der Waals surface area contributed by atoms with E-state index < -0.39 is 18.5 Å². The predicted octanol–water partition coefficient (Wildman–Crippen LogP) is 12.1. The molecule has 0 radical (unpaired) electrons. The number of aliphatic hydroxyl groups is 1. The third-order valence-electron chi connectivity index (χ3n) is 14.6. The molecule has 328 valence electrons. The van der Waals surface area contributed by atoms with Gasteiger partial charge in [-0.3, -0.25) is 4.79 Å². The van der Waals surface area contributed by atoms with Crippen molar-refractivity contribution in [2.24, 2.45) is 40.4 Å². The second-order valence-corrected chi connectivity index (χ2v) is 18.9. The first-order chi connectivity index (χ1) is 26.4. The molecule has 4 aliphatic carbocycles. The Hall–Kier alpha value is -1.30. The van der Waals surface area contributed by atoms with Crippen molar-refractivity contribution in [3.05, 3.63) is 0 Å². The van der Waals surface area contributed by atoms with E-state index in [0.29, 0.717) is 42.8 Å². The summed E-state index contributed by atoms with van der Waals surface area (Å²) in [5.41, 5.74) is 0.754. The summed E-state index contributed by atoms with van der Waals surface area (Å²) < 4.78 is 64.2. The van der Waals surface area contributed by atoms with Crippen molar-refractivity contribution in [2.45, 2.75) is 201 Å². The molecular weight excluding hydrogens is 748 g/mol. The average Bonchev–Trinajstić information content (AvgIpc) is 3.48. The zero-order valence-corrected chi connectivity index (χ0v) is 36.7. The van der Waals surface area contributed by atoms with Gasteiger partial charge in [-0.2, -0.15) is 34.6 Å². The van der Waals surface area contributed by atoms with Crippen LogP contribution < -0.4 is 0 Å². The number of thiol groups is 1. The van der Waals surface area contributed by atoms with Gasteiger partial charge in [0.2, 0.25) is 5.91 Å². The lowest BCUT2D eigenvalue weighted by molar-refractivity contribution is -0.284. The number of carbonyl (C=O) groups excluding carboxylic acids is 2. The standard InChI is InChI=1S/C29H46N2O4.C8H18.C5H7F5S.C2H6/c1-29-14-11-23-22-8-6-21(18-19(22)5-7-24(23)25(29)9-10-26(29)32)35-28(34)30-16-12-20(13-17-30)31-15-3-2-4-27(31)33;1-5-7-8(3,4)6-2;6-4(7,2-1-3-11)5(8,9)10;1-2/h19-26,32H,2-18H2,1H3;5-7H2,1-4H3;11H,1-3H2;1-2H3. The van der Waals surface area contributed by atoms with Crippen LogP contribution in [0, 0.1) is 40.4 Å². The van der Waals surface area contributed by atoms with Crippen LogP contribution in [0.25, 0.3) is 0 Å². The van der Waals surface area contributed by atoms with Gasteiger partial charge in [0.05, 0.1) is 6.10 Å². The van der Waals surface area contributed by atoms with Crippen LogP contribution in [0.5, 0.6) is 0 Å². The molecule has 56 heavy (non-hydrogen) atoms. The zero-order chi connectivity index (χ0) is 41.9. The highest BCUT2D eigenvalue weighted by Gasteiger charge is 2.57. The van der Waals surface area contributed by atoms with Gasteiger partial charge in [-0.25, -0.2) is 4.79 Å². The number of alkyl halides is 5. The molecule has 2 aliphatic heterocycles. The lowest BCUT2D eigenvalue weighted by Gasteiger charge is -2.55. The number of likely N-dealkylation sites (tertiary alicyclic amines) is 2. The molecule has 8 unspecified atom stereocenters. The van der Waals surface area contributed by atoms with E-state index in [1.165, 1.54) is 57.8 Å². The Morgan fingerprint density at radius 2 is 1.54 bits per heavy atom. The van der Waals surface area contributed by atoms with E-state index in [1.807, 2.05) is 18.7 Å². The van der Waals surface area contributed by atoms with Crippen molar-refractivity contribution in [1.29, 1.82) is 0 Å². The number of piperidine rings is 2. The summed E-state index contributed by atoms with van der Waals surface area (Å²) in [6.45, 7) is 17.8. The Kier molecular flexibility index (Phi) is 19.1. The Bertz CT molecular complexity index is 1200. The van der Waals surface area contributed by atoms with E-state index in [1.54, 1.807) is 0 Å². The minimum Gasteiger partial charge on any atom is -0.446 e. The van der Waals surface area contributed by atoms with Crippen LogP contribution >= 0.6 is 12.6 Å². The molecule has 0 bridgehead atoms. The number of amides is 2. The van der Waals surface area contributed by atoms with E-state index in [4.69, 9.17) is 4.74 Å². The third-order valence-corrected chi connectivity index (χ3v) is 14.9. The second-order valence-electron chi connectivity index (χ2n) is 18.5. The number of halogens is 5. The molecule has 8 atom stereocenters. The Labute approximate surface area is 341 Å². The van der Waals surface area contributed by atoms with E-state index >= 15 is 0 Å². The molecule has 2 saturated heterocycles. The van der Waals surface area contributed by atoms with Gasteiger partial charge in [0.15, 0.2) is 0 Å². The molecular formula is C44H77F5N2O4S. The normalized spacial score (nSPS) is 32.2. The van der Waals surface area contributed by atoms with Gasteiger partial charge in [0, 0.05) is 38.5 Å². The summed E-state index contributed by atoms with van der Waals surface area (Å²) in [5.74, 6) is -0.379. The van der Waals surface area contributed by atoms with Gasteiger partial charge >= 0.3 is 18.2 Å². The fraction of sp³-hybridized carbons (Fsp3) is 0.955. The number of aliphatic hydroxyl groups excluding tert-OH is 1. The molecule has 6 nitrogen and oxygen atoms in total. The monoisotopic (exact) mass is 825 g/mol. The molecule has 2 heterocycles. The number of carbonyl (C=O) groups is 2. The summed E-state index contributed by atoms with van der Waals surface area (Å²) in [7, 11) is 0. The molecule has 12 heteroatoms. The molecule has 0 aromatic carbocycles. The highest BCUT2D eigenvalue weighted by molar-refractivity contribution is 7.80. The number of hydrogen-bond donors (Lipinski definition) is 2. The van der Waals surface area contributed by atoms with Crippen LogP contribution in [-0.4, -0.2) is 82.6 Å². The van der Waals surface area contributed by atoms with Crippen molar-refractivity contribution in [3.63, 3.8) is 0 Å². The summed E-state index contributed by atoms with van der Waals surface area (Å²) in [6.07, 6.45) is 12.1. The number of ether oxygens (including phenoxy) is 1. The second kappa shape index (κ2) is 21.8. The fourth-order valence-electron chi connectivity index (χ4n) is 11.0. The summed E-state index contributed by atoms with van der Waals surface area (Å²) in [4.78, 5) is 29.2. The summed E-state index contributed by atoms with van der Waals surface area (Å²) >= 11 is 3.53. The SMILES string of the molecule is CC.CC12CCC3C4CCC(OC(=O)N5CCC(N6CCCCC6=O)CC5)CC4CCC3C1CCC2O.CCCC(C)(C)CC.FC(F)(F)C(F)(F)CCCS. The quantitative estimate of drug-likeness (QED) is 0.189. The van der Waals surface area contributed by atoms with Gasteiger partial charge in [-0.1, -0.05) is 61.3 Å². The van der Waals surface area contributed by atoms with Crippen molar-refractivity contribution < 1.29 is 41.4 Å². The van der Waals surface area contributed by atoms with Gasteiger partial charge in [-0.15, -0.1) is 0 Å². The van der Waals surface area contributed by atoms with Crippen molar-refractivity contribution in [3.8, 4) is 0 Å². The molecule has 6 aliphatic rings. The molecule has 0 aromatic heterocycles.